The molecule has 37 heavy (non-hydrogen) atoms. The van der Waals surface area contributed by atoms with Gasteiger partial charge in [-0.3, -0.25) is 0 Å². The van der Waals surface area contributed by atoms with Gasteiger partial charge in [0, 0.05) is 27.8 Å². The summed E-state index contributed by atoms with van der Waals surface area (Å²) in [6.45, 7) is 4.00. The van der Waals surface area contributed by atoms with E-state index in [0.29, 0.717) is 11.1 Å². The van der Waals surface area contributed by atoms with Crippen molar-refractivity contribution < 1.29 is 22.0 Å². The molecule has 0 saturated carbocycles. The third-order valence-electron chi connectivity index (χ3n) is 4.79. The van der Waals surface area contributed by atoms with Crippen molar-refractivity contribution in [2.24, 2.45) is 0 Å². The van der Waals surface area contributed by atoms with E-state index < -0.39 is 34.6 Å². The first-order valence-electron chi connectivity index (χ1n) is 11.2. The van der Waals surface area contributed by atoms with E-state index in [0.717, 1.165) is 16.7 Å². The van der Waals surface area contributed by atoms with E-state index in [9.17, 15) is 22.0 Å². The van der Waals surface area contributed by atoms with E-state index in [-0.39, 0.29) is 0 Å². The van der Waals surface area contributed by atoms with Gasteiger partial charge in [0.1, 0.15) is 5.56 Å². The van der Waals surface area contributed by atoms with Gasteiger partial charge in [-0.2, -0.15) is 0 Å². The molecule has 0 amide bonds. The highest BCUT2D eigenvalue weighted by atomic mass is 19.2. The summed E-state index contributed by atoms with van der Waals surface area (Å²) in [5.41, 5.74) is 2.36. The SMILES string of the molecule is CC.Fc1c(F)c(F)c(C#Cc2ccc(C#Cc3ccc(C#Cc4ccccc4)cc3)cc2)c(F)c1F. The molecule has 0 heterocycles. The van der Waals surface area contributed by atoms with Crippen molar-refractivity contribution in [3.63, 3.8) is 0 Å². The average Bonchev–Trinajstić information content (AvgIpc) is 2.95. The topological polar surface area (TPSA) is 0 Å². The normalized spacial score (nSPS) is 9.38. The minimum Gasteiger partial charge on any atom is -0.202 e. The van der Waals surface area contributed by atoms with E-state index in [1.165, 1.54) is 12.1 Å². The molecule has 4 aromatic rings. The van der Waals surface area contributed by atoms with Crippen molar-refractivity contribution in [3.05, 3.63) is 141 Å². The Balaban J connectivity index is 0.00000186. The van der Waals surface area contributed by atoms with Crippen LogP contribution in [-0.2, 0) is 0 Å². The Morgan fingerprint density at radius 3 is 0.973 bits per heavy atom. The van der Waals surface area contributed by atoms with E-state index in [4.69, 9.17) is 0 Å². The summed E-state index contributed by atoms with van der Waals surface area (Å²) in [6.07, 6.45) is 0. The Bertz CT molecular complexity index is 1540. The van der Waals surface area contributed by atoms with Crippen LogP contribution in [0.15, 0.2) is 78.9 Å². The molecule has 0 aliphatic heterocycles. The Morgan fingerprint density at radius 1 is 0.351 bits per heavy atom. The monoisotopic (exact) mass is 498 g/mol. The fourth-order valence-corrected chi connectivity index (χ4v) is 2.93. The molecule has 0 radical (unpaired) electrons. The Hall–Kier alpha value is -4.79. The van der Waals surface area contributed by atoms with Crippen LogP contribution >= 0.6 is 0 Å². The fraction of sp³-hybridized carbons (Fsp3) is 0.0625. The van der Waals surface area contributed by atoms with Crippen molar-refractivity contribution >= 4 is 0 Å². The lowest BCUT2D eigenvalue weighted by atomic mass is 10.1. The van der Waals surface area contributed by atoms with Gasteiger partial charge in [0.15, 0.2) is 23.3 Å². The zero-order chi connectivity index (χ0) is 26.8. The highest BCUT2D eigenvalue weighted by Crippen LogP contribution is 2.22. The summed E-state index contributed by atoms with van der Waals surface area (Å²) in [7, 11) is 0. The zero-order valence-corrected chi connectivity index (χ0v) is 19.9. The third-order valence-corrected chi connectivity index (χ3v) is 4.79. The van der Waals surface area contributed by atoms with Gasteiger partial charge in [-0.25, -0.2) is 22.0 Å². The molecule has 0 atom stereocenters. The molecule has 182 valence electrons. The van der Waals surface area contributed by atoms with Gasteiger partial charge in [0.25, 0.3) is 0 Å². The van der Waals surface area contributed by atoms with Crippen LogP contribution in [0.2, 0.25) is 0 Å². The van der Waals surface area contributed by atoms with Crippen molar-refractivity contribution in [2.45, 2.75) is 13.8 Å². The molecule has 0 spiro atoms. The second-order valence-electron chi connectivity index (χ2n) is 7.22. The Labute approximate surface area is 212 Å². The second kappa shape index (κ2) is 12.8. The fourth-order valence-electron chi connectivity index (χ4n) is 2.93. The molecule has 0 bridgehead atoms. The molecular formula is C32H19F5. The molecule has 0 nitrogen and oxygen atoms in total. The smallest absolute Gasteiger partial charge is 0.200 e. The summed E-state index contributed by atoms with van der Waals surface area (Å²) < 4.78 is 67.2. The maximum atomic E-state index is 13.7. The van der Waals surface area contributed by atoms with E-state index in [2.05, 4.69) is 29.6 Å². The van der Waals surface area contributed by atoms with Gasteiger partial charge in [-0.1, -0.05) is 67.6 Å². The Morgan fingerprint density at radius 2 is 0.622 bits per heavy atom. The second-order valence-corrected chi connectivity index (χ2v) is 7.22. The number of rotatable bonds is 0. The van der Waals surface area contributed by atoms with Gasteiger partial charge in [0.2, 0.25) is 5.82 Å². The lowest BCUT2D eigenvalue weighted by Gasteiger charge is -2.02. The third kappa shape index (κ3) is 6.88. The minimum atomic E-state index is -2.22. The molecule has 0 aliphatic rings. The molecule has 0 aliphatic carbocycles. The highest BCUT2D eigenvalue weighted by molar-refractivity contribution is 5.50. The van der Waals surface area contributed by atoms with E-state index in [1.807, 2.05) is 74.4 Å². The van der Waals surface area contributed by atoms with Gasteiger partial charge in [-0.15, -0.1) is 0 Å². The predicted octanol–water partition coefficient (Wildman–Crippen LogP) is 7.61. The molecule has 0 aromatic heterocycles. The van der Waals surface area contributed by atoms with Crippen LogP contribution in [0.1, 0.15) is 47.2 Å². The molecule has 0 N–H and O–H groups in total. The van der Waals surface area contributed by atoms with Crippen LogP contribution in [0.5, 0.6) is 0 Å². The molecule has 0 unspecified atom stereocenters. The van der Waals surface area contributed by atoms with Crippen LogP contribution in [-0.4, -0.2) is 0 Å². The van der Waals surface area contributed by atoms with Crippen LogP contribution in [0, 0.1) is 64.6 Å². The highest BCUT2D eigenvalue weighted by Gasteiger charge is 2.24. The molecule has 4 rings (SSSR count). The molecular weight excluding hydrogens is 479 g/mol. The minimum absolute atomic E-state index is 0.320. The standard InChI is InChI=1S/C30H13F5.C2H6/c31-26-25(27(32)29(34)30(35)28(26)33)19-18-24-16-14-23(15-17-24)13-12-22-10-8-21(9-11-22)7-6-20-4-2-1-3-5-20;1-2/h1-5,8-11,14-17H;1-2H3. The molecule has 5 heteroatoms. The first-order chi connectivity index (χ1) is 17.9. The van der Waals surface area contributed by atoms with Gasteiger partial charge < -0.3 is 0 Å². The summed E-state index contributed by atoms with van der Waals surface area (Å²) in [5, 5.41) is 0. The summed E-state index contributed by atoms with van der Waals surface area (Å²) >= 11 is 0. The predicted molar refractivity (Wildman–Crippen MR) is 135 cm³/mol. The Kier molecular flexibility index (Phi) is 9.26. The lowest BCUT2D eigenvalue weighted by molar-refractivity contribution is 0.376. The first kappa shape index (κ1) is 26.8. The summed E-state index contributed by atoms with van der Waals surface area (Å²) in [4.78, 5) is 0. The average molecular weight is 498 g/mol. The van der Waals surface area contributed by atoms with Crippen LogP contribution in [0.25, 0.3) is 0 Å². The summed E-state index contributed by atoms with van der Waals surface area (Å²) in [5.74, 6) is 6.38. The maximum Gasteiger partial charge on any atom is 0.200 e. The van der Waals surface area contributed by atoms with Crippen molar-refractivity contribution in [2.75, 3.05) is 0 Å². The first-order valence-corrected chi connectivity index (χ1v) is 11.2. The van der Waals surface area contributed by atoms with Gasteiger partial charge in [0.05, 0.1) is 0 Å². The van der Waals surface area contributed by atoms with Gasteiger partial charge in [-0.05, 0) is 60.7 Å². The number of hydrogen-bond acceptors (Lipinski definition) is 0. The molecule has 0 fully saturated rings. The number of benzene rings is 4. The number of hydrogen-bond donors (Lipinski definition) is 0. The van der Waals surface area contributed by atoms with Gasteiger partial charge >= 0.3 is 0 Å². The van der Waals surface area contributed by atoms with E-state index >= 15 is 0 Å². The maximum absolute atomic E-state index is 13.7. The van der Waals surface area contributed by atoms with Crippen LogP contribution in [0.4, 0.5) is 22.0 Å². The molecule has 4 aromatic carbocycles. The number of halogens is 5. The quantitative estimate of drug-likeness (QED) is 0.101. The van der Waals surface area contributed by atoms with Crippen LogP contribution < -0.4 is 0 Å². The zero-order valence-electron chi connectivity index (χ0n) is 19.9. The lowest BCUT2D eigenvalue weighted by Crippen LogP contribution is -2.04. The van der Waals surface area contributed by atoms with Crippen LogP contribution in [0.3, 0.4) is 0 Å². The largest absolute Gasteiger partial charge is 0.202 e. The van der Waals surface area contributed by atoms with Crippen molar-refractivity contribution in [1.29, 1.82) is 0 Å². The molecule has 0 saturated heterocycles. The summed E-state index contributed by atoms with van der Waals surface area (Å²) in [6, 6.07) is 23.4. The van der Waals surface area contributed by atoms with Crippen molar-refractivity contribution in [3.8, 4) is 35.5 Å². The van der Waals surface area contributed by atoms with Crippen molar-refractivity contribution in [1.82, 2.24) is 0 Å². The van der Waals surface area contributed by atoms with E-state index in [1.54, 1.807) is 12.1 Å².